The van der Waals surface area contributed by atoms with E-state index in [1.54, 1.807) is 41.0 Å². The second-order valence-electron chi connectivity index (χ2n) is 7.74. The number of rotatable bonds is 4. The molecule has 168 valence electrons. The predicted molar refractivity (Wildman–Crippen MR) is 139 cm³/mol. The summed E-state index contributed by atoms with van der Waals surface area (Å²) in [6, 6.07) is 17.8. The third kappa shape index (κ3) is 3.92. The lowest BCUT2D eigenvalue weighted by Crippen LogP contribution is -2.18. The van der Waals surface area contributed by atoms with Crippen LogP contribution in [0.15, 0.2) is 71.5 Å². The lowest BCUT2D eigenvalue weighted by Gasteiger charge is -2.11. The molecule has 0 spiro atoms. The number of aromatic nitrogens is 3. The Morgan fingerprint density at radius 2 is 1.74 bits per heavy atom. The standard InChI is InChI=1S/C26H16Cl3N3O2/c1-32-21-13-18(29)17(28)12-20(21)30-23(32)10-9-22(33)25-24(14-5-3-2-4-6-14)16-11-15(27)7-8-19(16)31-26(25)34/h2-13H,1H3,(H,31,34)/b10-9+. The molecule has 5 nitrogen and oxygen atoms in total. The molecule has 0 fully saturated rings. The summed E-state index contributed by atoms with van der Waals surface area (Å²) in [4.78, 5) is 33.8. The molecule has 0 bridgehead atoms. The molecule has 8 heteroatoms. The van der Waals surface area contributed by atoms with Crippen molar-refractivity contribution in [1.29, 1.82) is 0 Å². The summed E-state index contributed by atoms with van der Waals surface area (Å²) in [6.07, 6.45) is 2.92. The van der Waals surface area contributed by atoms with Crippen LogP contribution in [-0.2, 0) is 7.05 Å². The van der Waals surface area contributed by atoms with Crippen molar-refractivity contribution < 1.29 is 4.79 Å². The summed E-state index contributed by atoms with van der Waals surface area (Å²) >= 11 is 18.5. The van der Waals surface area contributed by atoms with Crippen molar-refractivity contribution in [3.05, 3.63) is 104 Å². The highest BCUT2D eigenvalue weighted by Crippen LogP contribution is 2.32. The highest BCUT2D eigenvalue weighted by Gasteiger charge is 2.20. The highest BCUT2D eigenvalue weighted by molar-refractivity contribution is 6.42. The number of nitrogens with zero attached hydrogens (tertiary/aromatic N) is 2. The number of imidazole rings is 1. The lowest BCUT2D eigenvalue weighted by atomic mass is 9.94. The van der Waals surface area contributed by atoms with Gasteiger partial charge in [0.05, 0.1) is 26.6 Å². The number of hydrogen-bond donors (Lipinski definition) is 1. The number of carbonyl (C=O) groups excluding carboxylic acids is 1. The van der Waals surface area contributed by atoms with E-state index >= 15 is 0 Å². The zero-order chi connectivity index (χ0) is 24.0. The molecule has 0 unspecified atom stereocenters. The summed E-state index contributed by atoms with van der Waals surface area (Å²) in [5.74, 6) is 0.0632. The Labute approximate surface area is 209 Å². The highest BCUT2D eigenvalue weighted by atomic mass is 35.5. The number of nitrogens with one attached hydrogen (secondary N) is 1. The topological polar surface area (TPSA) is 67.8 Å². The summed E-state index contributed by atoms with van der Waals surface area (Å²) in [5, 5.41) is 2.00. The second-order valence-corrected chi connectivity index (χ2v) is 8.99. The zero-order valence-corrected chi connectivity index (χ0v) is 20.0. The van der Waals surface area contributed by atoms with E-state index in [0.29, 0.717) is 42.9 Å². The minimum Gasteiger partial charge on any atom is -0.328 e. The van der Waals surface area contributed by atoms with E-state index in [9.17, 15) is 9.59 Å². The van der Waals surface area contributed by atoms with Crippen LogP contribution in [0.4, 0.5) is 0 Å². The van der Waals surface area contributed by atoms with Crippen molar-refractivity contribution in [2.45, 2.75) is 0 Å². The number of halogens is 3. The Hall–Kier alpha value is -3.38. The summed E-state index contributed by atoms with van der Waals surface area (Å²) in [6.45, 7) is 0. The van der Waals surface area contributed by atoms with Gasteiger partial charge < -0.3 is 9.55 Å². The number of carbonyl (C=O) groups is 1. The first-order valence-electron chi connectivity index (χ1n) is 10.3. The van der Waals surface area contributed by atoms with Gasteiger partial charge in [-0.2, -0.15) is 0 Å². The van der Waals surface area contributed by atoms with Crippen LogP contribution in [-0.4, -0.2) is 20.3 Å². The minimum atomic E-state index is -0.480. The fraction of sp³-hybridized carbons (Fsp3) is 0.0385. The molecule has 0 saturated heterocycles. The van der Waals surface area contributed by atoms with Crippen LogP contribution in [0.2, 0.25) is 15.1 Å². The van der Waals surface area contributed by atoms with E-state index in [1.807, 2.05) is 37.4 Å². The van der Waals surface area contributed by atoms with Crippen molar-refractivity contribution in [3.63, 3.8) is 0 Å². The monoisotopic (exact) mass is 507 g/mol. The van der Waals surface area contributed by atoms with E-state index < -0.39 is 11.3 Å². The molecule has 34 heavy (non-hydrogen) atoms. The van der Waals surface area contributed by atoms with Crippen LogP contribution in [0.1, 0.15) is 16.2 Å². The van der Waals surface area contributed by atoms with Gasteiger partial charge in [0.1, 0.15) is 5.82 Å². The number of aromatic amines is 1. The van der Waals surface area contributed by atoms with Crippen LogP contribution >= 0.6 is 34.8 Å². The lowest BCUT2D eigenvalue weighted by molar-refractivity contribution is 0.104. The first-order chi connectivity index (χ1) is 16.3. The van der Waals surface area contributed by atoms with E-state index in [4.69, 9.17) is 34.8 Å². The first kappa shape index (κ1) is 22.4. The number of ketones is 1. The van der Waals surface area contributed by atoms with Crippen molar-refractivity contribution in [2.75, 3.05) is 0 Å². The number of benzene rings is 3. The van der Waals surface area contributed by atoms with Crippen molar-refractivity contribution >= 4 is 68.6 Å². The first-order valence-corrected chi connectivity index (χ1v) is 11.4. The van der Waals surface area contributed by atoms with Gasteiger partial charge in [-0.05, 0) is 48.0 Å². The maximum absolute atomic E-state index is 13.4. The molecule has 0 aliphatic rings. The Morgan fingerprint density at radius 1 is 1.00 bits per heavy atom. The van der Waals surface area contributed by atoms with Crippen LogP contribution in [0.3, 0.4) is 0 Å². The fourth-order valence-corrected chi connectivity index (χ4v) is 4.48. The number of pyridine rings is 1. The van der Waals surface area contributed by atoms with Gasteiger partial charge in [-0.15, -0.1) is 0 Å². The van der Waals surface area contributed by atoms with Crippen LogP contribution in [0.5, 0.6) is 0 Å². The predicted octanol–water partition coefficient (Wildman–Crippen LogP) is 6.94. The molecule has 3 aromatic carbocycles. The Balaban J connectivity index is 1.66. The fourth-order valence-electron chi connectivity index (χ4n) is 3.99. The van der Waals surface area contributed by atoms with Crippen molar-refractivity contribution in [2.24, 2.45) is 7.05 Å². The van der Waals surface area contributed by atoms with Crippen LogP contribution < -0.4 is 5.56 Å². The number of hydrogen-bond acceptors (Lipinski definition) is 3. The molecule has 0 atom stereocenters. The SMILES string of the molecule is Cn1c(/C=C/C(=O)c2c(-c3ccccc3)c3cc(Cl)ccc3[nH]c2=O)nc2cc(Cl)c(Cl)cc21. The molecule has 0 aliphatic heterocycles. The average molecular weight is 509 g/mol. The van der Waals surface area contributed by atoms with Gasteiger partial charge in [-0.25, -0.2) is 4.98 Å². The summed E-state index contributed by atoms with van der Waals surface area (Å²) in [5.41, 5.74) is 2.83. The Morgan fingerprint density at radius 3 is 2.50 bits per heavy atom. The van der Waals surface area contributed by atoms with Gasteiger partial charge in [-0.1, -0.05) is 65.1 Å². The smallest absolute Gasteiger partial charge is 0.260 e. The second kappa shape index (κ2) is 8.76. The Kier molecular flexibility index (Phi) is 5.78. The molecule has 5 aromatic rings. The molecule has 5 rings (SSSR count). The van der Waals surface area contributed by atoms with Crippen LogP contribution in [0.25, 0.3) is 39.1 Å². The average Bonchev–Trinajstić information content (AvgIpc) is 3.12. The molecular weight excluding hydrogens is 493 g/mol. The summed E-state index contributed by atoms with van der Waals surface area (Å²) < 4.78 is 1.80. The third-order valence-corrected chi connectivity index (χ3v) is 6.58. The van der Waals surface area contributed by atoms with Crippen molar-refractivity contribution in [1.82, 2.24) is 14.5 Å². The number of H-pyrrole nitrogens is 1. The normalized spacial score (nSPS) is 11.6. The quantitative estimate of drug-likeness (QED) is 0.211. The van der Waals surface area contributed by atoms with Gasteiger partial charge >= 0.3 is 0 Å². The number of aryl methyl sites for hydroxylation is 1. The number of fused-ring (bicyclic) bond motifs is 2. The van der Waals surface area contributed by atoms with E-state index in [1.165, 1.54) is 6.08 Å². The molecule has 2 aromatic heterocycles. The van der Waals surface area contributed by atoms with Crippen molar-refractivity contribution in [3.8, 4) is 11.1 Å². The van der Waals surface area contributed by atoms with Gasteiger partial charge in [0.25, 0.3) is 5.56 Å². The van der Waals surface area contributed by atoms with Gasteiger partial charge in [0.2, 0.25) is 0 Å². The minimum absolute atomic E-state index is 0.0297. The summed E-state index contributed by atoms with van der Waals surface area (Å²) in [7, 11) is 1.81. The number of allylic oxidation sites excluding steroid dienone is 1. The van der Waals surface area contributed by atoms with E-state index in [2.05, 4.69) is 9.97 Å². The van der Waals surface area contributed by atoms with E-state index in [-0.39, 0.29) is 5.56 Å². The molecule has 0 amide bonds. The van der Waals surface area contributed by atoms with Gasteiger partial charge in [0.15, 0.2) is 5.78 Å². The third-order valence-electron chi connectivity index (χ3n) is 5.63. The molecule has 0 radical (unpaired) electrons. The molecule has 2 heterocycles. The Bertz CT molecular complexity index is 1690. The molecule has 0 aliphatic carbocycles. The molecule has 1 N–H and O–H groups in total. The molecule has 0 saturated carbocycles. The molecular formula is C26H16Cl3N3O2. The zero-order valence-electron chi connectivity index (χ0n) is 17.8. The van der Waals surface area contributed by atoms with E-state index in [0.717, 1.165) is 11.1 Å². The maximum Gasteiger partial charge on any atom is 0.260 e. The van der Waals surface area contributed by atoms with Crippen LogP contribution in [0, 0.1) is 0 Å². The van der Waals surface area contributed by atoms with Gasteiger partial charge in [-0.3, -0.25) is 9.59 Å². The maximum atomic E-state index is 13.4. The van der Waals surface area contributed by atoms with Gasteiger partial charge in [0, 0.05) is 28.5 Å². The largest absolute Gasteiger partial charge is 0.328 e.